The van der Waals surface area contributed by atoms with Gasteiger partial charge in [0.05, 0.1) is 41.7 Å². The minimum Gasteiger partial charge on any atom is -0.494 e. The Morgan fingerprint density at radius 1 is 1.18 bits per heavy atom. The number of nitrogens with one attached hydrogen (secondary N) is 1. The number of aryl methyl sites for hydroxylation is 1. The van der Waals surface area contributed by atoms with Gasteiger partial charge in [-0.2, -0.15) is 0 Å². The van der Waals surface area contributed by atoms with Crippen molar-refractivity contribution < 1.29 is 4.74 Å². The number of methoxy groups -OCH3 is 1. The highest BCUT2D eigenvalue weighted by atomic mass is 16.5. The third-order valence-electron chi connectivity index (χ3n) is 5.73. The monoisotopic (exact) mass is 460 g/mol. The summed E-state index contributed by atoms with van der Waals surface area (Å²) >= 11 is 0. The van der Waals surface area contributed by atoms with Crippen LogP contribution in [-0.4, -0.2) is 53.8 Å². The molecule has 0 saturated carbocycles. The van der Waals surface area contributed by atoms with E-state index in [0.29, 0.717) is 36.2 Å². The van der Waals surface area contributed by atoms with Crippen LogP contribution >= 0.6 is 0 Å². The number of para-hydroxylation sites is 1. The summed E-state index contributed by atoms with van der Waals surface area (Å²) in [6, 6.07) is 13.7. The maximum absolute atomic E-state index is 10.6. The van der Waals surface area contributed by atoms with Crippen LogP contribution in [0.15, 0.2) is 60.1 Å². The molecule has 0 amide bonds. The maximum Gasteiger partial charge on any atom is 0.227 e. The maximum atomic E-state index is 10.6. The molecule has 4 rings (SSSR count). The Bertz CT molecular complexity index is 1320. The topological polar surface area (TPSA) is 114 Å². The second-order valence-corrected chi connectivity index (χ2v) is 8.06. The van der Waals surface area contributed by atoms with E-state index in [9.17, 15) is 4.91 Å². The summed E-state index contributed by atoms with van der Waals surface area (Å²) in [4.78, 5) is 21.7. The molecule has 0 unspecified atom stereocenters. The lowest BCUT2D eigenvalue weighted by Crippen LogP contribution is -2.28. The van der Waals surface area contributed by atoms with E-state index in [1.54, 1.807) is 26.4 Å². The highest BCUT2D eigenvalue weighted by Crippen LogP contribution is 2.36. The highest BCUT2D eigenvalue weighted by Gasteiger charge is 2.15. The molecule has 0 spiro atoms. The predicted molar refractivity (Wildman–Crippen MR) is 136 cm³/mol. The van der Waals surface area contributed by atoms with E-state index in [1.165, 1.54) is 5.01 Å². The van der Waals surface area contributed by atoms with Crippen LogP contribution in [0, 0.1) is 4.91 Å². The van der Waals surface area contributed by atoms with Gasteiger partial charge < -0.3 is 25.3 Å². The van der Waals surface area contributed by atoms with Gasteiger partial charge in [0.2, 0.25) is 5.95 Å². The first-order valence-corrected chi connectivity index (χ1v) is 10.8. The summed E-state index contributed by atoms with van der Waals surface area (Å²) in [5.41, 5.74) is 11.3. The zero-order chi connectivity index (χ0) is 24.2. The SMILES string of the molecule is COc1cc(N(C)CCN(C)N=O)c(N)cc1Nc1nccc(-c2cn(C)c3ccccc23)n1. The molecule has 0 radical (unpaired) electrons. The minimum atomic E-state index is 0.433. The number of nitroso groups, excluding NO2 is 1. The zero-order valence-corrected chi connectivity index (χ0v) is 19.7. The molecule has 2 aromatic heterocycles. The Labute approximate surface area is 197 Å². The van der Waals surface area contributed by atoms with Gasteiger partial charge in [0.25, 0.3) is 0 Å². The van der Waals surface area contributed by atoms with Crippen molar-refractivity contribution in [3.05, 3.63) is 59.8 Å². The number of nitrogens with two attached hydrogens (primary N) is 1. The van der Waals surface area contributed by atoms with Crippen LogP contribution in [0.2, 0.25) is 0 Å². The number of nitrogen functional groups attached to an aromatic ring is 1. The third-order valence-corrected chi connectivity index (χ3v) is 5.73. The fraction of sp³-hybridized carbons (Fsp3) is 0.250. The molecule has 34 heavy (non-hydrogen) atoms. The summed E-state index contributed by atoms with van der Waals surface area (Å²) in [6.45, 7) is 1.04. The van der Waals surface area contributed by atoms with Gasteiger partial charge in [-0.3, -0.25) is 5.01 Å². The van der Waals surface area contributed by atoms with Crippen LogP contribution in [0.25, 0.3) is 22.2 Å². The number of anilines is 4. The molecule has 0 aliphatic rings. The molecule has 2 heterocycles. The molecule has 0 aliphatic heterocycles. The Kier molecular flexibility index (Phi) is 6.48. The van der Waals surface area contributed by atoms with Gasteiger partial charge in [-0.25, -0.2) is 9.97 Å². The van der Waals surface area contributed by atoms with Crippen LogP contribution in [0.4, 0.5) is 23.0 Å². The van der Waals surface area contributed by atoms with Gasteiger partial charge in [-0.1, -0.05) is 18.2 Å². The average Bonchev–Trinajstić information content (AvgIpc) is 3.19. The lowest BCUT2D eigenvalue weighted by atomic mass is 10.1. The smallest absolute Gasteiger partial charge is 0.227 e. The van der Waals surface area contributed by atoms with Gasteiger partial charge >= 0.3 is 0 Å². The predicted octanol–water partition coefficient (Wildman–Crippen LogP) is 4.02. The Hall–Kier alpha value is -4.34. The fourth-order valence-electron chi connectivity index (χ4n) is 3.87. The van der Waals surface area contributed by atoms with Crippen molar-refractivity contribution in [3.8, 4) is 17.0 Å². The van der Waals surface area contributed by atoms with Crippen molar-refractivity contribution in [2.75, 3.05) is 50.2 Å². The summed E-state index contributed by atoms with van der Waals surface area (Å²) in [5, 5.41) is 8.59. The van der Waals surface area contributed by atoms with Gasteiger partial charge in [0, 0.05) is 62.6 Å². The Balaban J connectivity index is 1.61. The van der Waals surface area contributed by atoms with Crippen molar-refractivity contribution in [3.63, 3.8) is 0 Å². The van der Waals surface area contributed by atoms with Crippen molar-refractivity contribution in [2.45, 2.75) is 0 Å². The molecular weight excluding hydrogens is 432 g/mol. The van der Waals surface area contributed by atoms with Gasteiger partial charge in [-0.05, 0) is 18.2 Å². The Morgan fingerprint density at radius 3 is 2.74 bits per heavy atom. The van der Waals surface area contributed by atoms with Crippen molar-refractivity contribution >= 4 is 33.9 Å². The number of benzene rings is 2. The van der Waals surface area contributed by atoms with Gasteiger partial charge in [0.1, 0.15) is 5.75 Å². The molecule has 0 aliphatic carbocycles. The molecule has 0 saturated heterocycles. The summed E-state index contributed by atoms with van der Waals surface area (Å²) < 4.78 is 7.69. The zero-order valence-electron chi connectivity index (χ0n) is 19.7. The highest BCUT2D eigenvalue weighted by molar-refractivity contribution is 5.95. The van der Waals surface area contributed by atoms with Gasteiger partial charge in [-0.15, -0.1) is 4.91 Å². The Morgan fingerprint density at radius 2 is 1.97 bits per heavy atom. The van der Waals surface area contributed by atoms with Crippen molar-refractivity contribution in [1.82, 2.24) is 19.5 Å². The van der Waals surface area contributed by atoms with E-state index in [-0.39, 0.29) is 0 Å². The van der Waals surface area contributed by atoms with E-state index >= 15 is 0 Å². The summed E-state index contributed by atoms with van der Waals surface area (Å²) in [5.74, 6) is 1.03. The standard InChI is InChI=1S/C24H28N8O2/c1-30(11-12-32(3)29-33)22-14-23(34-4)20(13-18(22)25)28-24-26-10-9-19(27-24)17-15-31(2)21-8-6-5-7-16(17)21/h5-10,13-15H,11-12,25H2,1-4H3,(H,26,27,28). The molecule has 10 heteroatoms. The van der Waals surface area contributed by atoms with Crippen molar-refractivity contribution in [2.24, 2.45) is 12.3 Å². The van der Waals surface area contributed by atoms with E-state index in [4.69, 9.17) is 15.5 Å². The summed E-state index contributed by atoms with van der Waals surface area (Å²) in [6.07, 6.45) is 3.79. The molecule has 2 aromatic carbocycles. The number of fused-ring (bicyclic) bond motifs is 1. The lowest BCUT2D eigenvalue weighted by Gasteiger charge is -2.24. The number of likely N-dealkylation sites (N-methyl/N-ethyl adjacent to an activating group) is 2. The number of hydrogen-bond donors (Lipinski definition) is 2. The molecule has 3 N–H and O–H groups in total. The number of nitrogens with zero attached hydrogens (tertiary/aromatic N) is 6. The van der Waals surface area contributed by atoms with Crippen LogP contribution in [0.5, 0.6) is 5.75 Å². The first-order valence-electron chi connectivity index (χ1n) is 10.8. The molecule has 0 bridgehead atoms. The molecule has 10 nitrogen and oxygen atoms in total. The first-order chi connectivity index (χ1) is 16.4. The number of rotatable bonds is 9. The molecule has 0 fully saturated rings. The average molecular weight is 461 g/mol. The van der Waals surface area contributed by atoms with E-state index in [0.717, 1.165) is 27.8 Å². The molecular formula is C24H28N8O2. The van der Waals surface area contributed by atoms with E-state index < -0.39 is 0 Å². The van der Waals surface area contributed by atoms with E-state index in [2.05, 4.69) is 38.5 Å². The molecule has 4 aromatic rings. The second-order valence-electron chi connectivity index (χ2n) is 8.06. The summed E-state index contributed by atoms with van der Waals surface area (Å²) in [7, 11) is 7.14. The van der Waals surface area contributed by atoms with Crippen LogP contribution in [0.3, 0.4) is 0 Å². The van der Waals surface area contributed by atoms with Crippen LogP contribution in [0.1, 0.15) is 0 Å². The minimum absolute atomic E-state index is 0.433. The molecule has 0 atom stereocenters. The number of ether oxygens (including phenoxy) is 1. The van der Waals surface area contributed by atoms with Crippen LogP contribution in [-0.2, 0) is 7.05 Å². The quantitative estimate of drug-likeness (QED) is 0.219. The second kappa shape index (κ2) is 9.65. The normalized spacial score (nSPS) is 10.8. The van der Waals surface area contributed by atoms with Gasteiger partial charge in [0.15, 0.2) is 0 Å². The largest absolute Gasteiger partial charge is 0.494 e. The lowest BCUT2D eigenvalue weighted by molar-refractivity contribution is 0.357. The van der Waals surface area contributed by atoms with Crippen LogP contribution < -0.4 is 20.7 Å². The third kappa shape index (κ3) is 4.56. The number of hydrogen-bond acceptors (Lipinski definition) is 8. The fourth-order valence-corrected chi connectivity index (χ4v) is 3.87. The molecule has 176 valence electrons. The van der Waals surface area contributed by atoms with Crippen molar-refractivity contribution in [1.29, 1.82) is 0 Å². The van der Waals surface area contributed by atoms with E-state index in [1.807, 2.05) is 43.3 Å². The first kappa shape index (κ1) is 22.8. The number of aromatic nitrogens is 3.